The van der Waals surface area contributed by atoms with Crippen molar-refractivity contribution in [3.05, 3.63) is 36.0 Å². The molecule has 0 aliphatic heterocycles. The van der Waals surface area contributed by atoms with Crippen molar-refractivity contribution in [1.82, 2.24) is 20.9 Å². The number of hydrogen-bond acceptors (Lipinski definition) is 6. The van der Waals surface area contributed by atoms with Gasteiger partial charge in [0.05, 0.1) is 12.6 Å². The molecule has 0 bridgehead atoms. The Hall–Kier alpha value is -3.44. The lowest BCUT2D eigenvalue weighted by Gasteiger charge is -2.24. The summed E-state index contributed by atoms with van der Waals surface area (Å²) in [6.45, 7) is 2.37. The Bertz CT molecular complexity index is 989. The number of para-hydroxylation sites is 1. The van der Waals surface area contributed by atoms with Crippen LogP contribution in [0.1, 0.15) is 25.8 Å². The molecule has 11 heteroatoms. The maximum absolute atomic E-state index is 12.6. The highest BCUT2D eigenvalue weighted by molar-refractivity contribution is 5.94. The van der Waals surface area contributed by atoms with Crippen LogP contribution in [0.5, 0.6) is 0 Å². The summed E-state index contributed by atoms with van der Waals surface area (Å²) in [6, 6.07) is 4.23. The zero-order chi connectivity index (χ0) is 24.5. The number of carbonyl (C=O) groups is 4. The average molecular weight is 462 g/mol. The highest BCUT2D eigenvalue weighted by Gasteiger charge is 2.28. The molecule has 180 valence electrons. The van der Waals surface area contributed by atoms with Crippen molar-refractivity contribution in [3.8, 4) is 0 Å². The normalized spacial score (nSPS) is 13.8. The average Bonchev–Trinajstić information content (AvgIpc) is 3.17. The van der Waals surface area contributed by atoms with Gasteiger partial charge in [0.25, 0.3) is 0 Å². The van der Waals surface area contributed by atoms with Gasteiger partial charge in [-0.25, -0.2) is 0 Å². The molecular formula is C22H31N5O6. The van der Waals surface area contributed by atoms with Crippen LogP contribution in [0.25, 0.3) is 10.9 Å². The molecule has 33 heavy (non-hydrogen) atoms. The van der Waals surface area contributed by atoms with Crippen LogP contribution in [0.4, 0.5) is 0 Å². The minimum absolute atomic E-state index is 0.0117. The number of aromatic amines is 1. The first-order valence-corrected chi connectivity index (χ1v) is 10.6. The number of H-pyrrole nitrogens is 1. The van der Waals surface area contributed by atoms with Crippen LogP contribution in [0.2, 0.25) is 0 Å². The second-order valence-electron chi connectivity index (χ2n) is 8.22. The molecular weight excluding hydrogens is 430 g/mol. The third kappa shape index (κ3) is 7.58. The molecule has 2 aromatic rings. The zero-order valence-electron chi connectivity index (χ0n) is 18.6. The number of aliphatic carboxylic acids is 1. The van der Waals surface area contributed by atoms with E-state index >= 15 is 0 Å². The highest BCUT2D eigenvalue weighted by atomic mass is 16.4. The van der Waals surface area contributed by atoms with Gasteiger partial charge in [-0.3, -0.25) is 19.2 Å². The van der Waals surface area contributed by atoms with Gasteiger partial charge in [0.2, 0.25) is 17.7 Å². The van der Waals surface area contributed by atoms with Gasteiger partial charge in [0.15, 0.2) is 0 Å². The largest absolute Gasteiger partial charge is 0.480 e. The molecule has 0 saturated carbocycles. The first-order valence-electron chi connectivity index (χ1n) is 10.6. The highest BCUT2D eigenvalue weighted by Crippen LogP contribution is 2.18. The molecule has 3 unspecified atom stereocenters. The molecule has 0 saturated heterocycles. The van der Waals surface area contributed by atoms with Gasteiger partial charge in [-0.15, -0.1) is 0 Å². The van der Waals surface area contributed by atoms with Crippen LogP contribution in [-0.2, 0) is 25.6 Å². The van der Waals surface area contributed by atoms with Crippen LogP contribution >= 0.6 is 0 Å². The molecule has 1 heterocycles. The van der Waals surface area contributed by atoms with Crippen molar-refractivity contribution >= 4 is 34.6 Å². The Labute approximate surface area is 191 Å². The van der Waals surface area contributed by atoms with E-state index in [2.05, 4.69) is 20.9 Å². The molecule has 2 rings (SSSR count). The summed E-state index contributed by atoms with van der Waals surface area (Å²) in [5.41, 5.74) is 7.77. The fourth-order valence-corrected chi connectivity index (χ4v) is 3.36. The Morgan fingerprint density at radius 2 is 1.70 bits per heavy atom. The standard InChI is InChI=1S/C22H31N5O6/c1-12(2)7-17(21(32)25-10-19(29)30)26-22(33)18(11-28)27-20(31)15(23)8-13-9-24-16-6-4-3-5-14(13)16/h3-6,9,12,15,17-18,24,28H,7-8,10-11,23H2,1-2H3,(H,25,32)(H,26,33)(H,27,31)(H,29,30). The molecule has 1 aromatic carbocycles. The second-order valence-corrected chi connectivity index (χ2v) is 8.22. The van der Waals surface area contributed by atoms with Gasteiger partial charge in [-0.2, -0.15) is 0 Å². The summed E-state index contributed by atoms with van der Waals surface area (Å²) in [5, 5.41) is 26.4. The predicted molar refractivity (Wildman–Crippen MR) is 121 cm³/mol. The van der Waals surface area contributed by atoms with Crippen LogP contribution in [-0.4, -0.2) is 70.2 Å². The maximum Gasteiger partial charge on any atom is 0.322 e. The quantitative estimate of drug-likeness (QED) is 0.216. The van der Waals surface area contributed by atoms with E-state index in [0.717, 1.165) is 16.5 Å². The number of benzene rings is 1. The van der Waals surface area contributed by atoms with Crippen molar-refractivity contribution in [2.24, 2.45) is 11.7 Å². The topological polar surface area (TPSA) is 187 Å². The Morgan fingerprint density at radius 1 is 1.03 bits per heavy atom. The summed E-state index contributed by atoms with van der Waals surface area (Å²) in [4.78, 5) is 51.3. The van der Waals surface area contributed by atoms with Crippen molar-refractivity contribution < 1.29 is 29.4 Å². The number of amides is 3. The lowest BCUT2D eigenvalue weighted by Crippen LogP contribution is -2.57. The van der Waals surface area contributed by atoms with E-state index in [0.29, 0.717) is 0 Å². The lowest BCUT2D eigenvalue weighted by atomic mass is 10.0. The summed E-state index contributed by atoms with van der Waals surface area (Å²) >= 11 is 0. The number of fused-ring (bicyclic) bond motifs is 1. The summed E-state index contributed by atoms with van der Waals surface area (Å²) < 4.78 is 0. The minimum atomic E-state index is -1.33. The number of nitrogens with one attached hydrogen (secondary N) is 4. The lowest BCUT2D eigenvalue weighted by molar-refractivity contribution is -0.138. The molecule has 3 atom stereocenters. The molecule has 0 fully saturated rings. The fraction of sp³-hybridized carbons (Fsp3) is 0.455. The number of rotatable bonds is 12. The van der Waals surface area contributed by atoms with Gasteiger partial charge in [0.1, 0.15) is 18.6 Å². The first kappa shape index (κ1) is 25.8. The van der Waals surface area contributed by atoms with Crippen molar-refractivity contribution in [1.29, 1.82) is 0 Å². The van der Waals surface area contributed by atoms with E-state index in [4.69, 9.17) is 10.8 Å². The van der Waals surface area contributed by atoms with Gasteiger partial charge in [-0.05, 0) is 30.4 Å². The molecule has 1 aromatic heterocycles. The predicted octanol–water partition coefficient (Wildman–Crippen LogP) is -0.753. The van der Waals surface area contributed by atoms with E-state index in [1.165, 1.54) is 0 Å². The molecule has 0 radical (unpaired) electrons. The summed E-state index contributed by atoms with van der Waals surface area (Å²) in [6.07, 6.45) is 2.22. The van der Waals surface area contributed by atoms with E-state index in [1.807, 2.05) is 38.1 Å². The Kier molecular flexibility index (Phi) is 9.37. The minimum Gasteiger partial charge on any atom is -0.480 e. The van der Waals surface area contributed by atoms with Gasteiger partial charge >= 0.3 is 5.97 Å². The molecule has 0 aliphatic rings. The maximum atomic E-state index is 12.6. The van der Waals surface area contributed by atoms with Gasteiger partial charge < -0.3 is 36.9 Å². The number of hydrogen-bond donors (Lipinski definition) is 7. The van der Waals surface area contributed by atoms with E-state index < -0.39 is 55.0 Å². The van der Waals surface area contributed by atoms with Crippen molar-refractivity contribution in [3.63, 3.8) is 0 Å². The van der Waals surface area contributed by atoms with Crippen LogP contribution in [0, 0.1) is 5.92 Å². The third-order valence-electron chi connectivity index (χ3n) is 5.02. The first-order chi connectivity index (χ1) is 15.6. The second kappa shape index (κ2) is 12.0. The molecule has 11 nitrogen and oxygen atoms in total. The van der Waals surface area contributed by atoms with Gasteiger partial charge in [-0.1, -0.05) is 32.0 Å². The molecule has 0 spiro atoms. The fourth-order valence-electron chi connectivity index (χ4n) is 3.36. The van der Waals surface area contributed by atoms with Gasteiger partial charge in [0, 0.05) is 17.1 Å². The van der Waals surface area contributed by atoms with E-state index in [9.17, 15) is 24.3 Å². The zero-order valence-corrected chi connectivity index (χ0v) is 18.6. The summed E-state index contributed by atoms with van der Waals surface area (Å²) in [7, 11) is 0. The molecule has 8 N–H and O–H groups in total. The number of carboxylic acid groups (broad SMARTS) is 1. The number of aliphatic hydroxyl groups excluding tert-OH is 1. The molecule has 0 aliphatic carbocycles. The number of carboxylic acids is 1. The van der Waals surface area contributed by atoms with Crippen LogP contribution in [0.3, 0.4) is 0 Å². The van der Waals surface area contributed by atoms with E-state index in [-0.39, 0.29) is 18.8 Å². The Balaban J connectivity index is 2.00. The van der Waals surface area contributed by atoms with Crippen LogP contribution < -0.4 is 21.7 Å². The number of nitrogens with two attached hydrogens (primary N) is 1. The SMILES string of the molecule is CC(C)CC(NC(=O)C(CO)NC(=O)C(N)Cc1c[nH]c2ccccc12)C(=O)NCC(=O)O. The van der Waals surface area contributed by atoms with Crippen LogP contribution in [0.15, 0.2) is 30.5 Å². The Morgan fingerprint density at radius 3 is 2.33 bits per heavy atom. The third-order valence-corrected chi connectivity index (χ3v) is 5.02. The monoisotopic (exact) mass is 461 g/mol. The number of carbonyl (C=O) groups excluding carboxylic acids is 3. The number of aromatic nitrogens is 1. The van der Waals surface area contributed by atoms with Crippen molar-refractivity contribution in [2.75, 3.05) is 13.2 Å². The number of aliphatic hydroxyl groups is 1. The summed E-state index contributed by atoms with van der Waals surface area (Å²) in [5.74, 6) is -3.29. The van der Waals surface area contributed by atoms with E-state index in [1.54, 1.807) is 6.20 Å². The smallest absolute Gasteiger partial charge is 0.322 e. The van der Waals surface area contributed by atoms with Crippen molar-refractivity contribution in [2.45, 2.75) is 44.8 Å². The molecule has 3 amide bonds.